The lowest BCUT2D eigenvalue weighted by molar-refractivity contribution is 0.192. The summed E-state index contributed by atoms with van der Waals surface area (Å²) in [4.78, 5) is 9.01. The Bertz CT molecular complexity index is 1400. The van der Waals surface area contributed by atoms with Crippen LogP contribution in [-0.2, 0) is 6.54 Å². The fourth-order valence-electron chi connectivity index (χ4n) is 4.56. The zero-order valence-electron chi connectivity index (χ0n) is 21.3. The predicted octanol–water partition coefficient (Wildman–Crippen LogP) is 3.69. The third kappa shape index (κ3) is 5.87. The molecule has 1 aliphatic rings. The van der Waals surface area contributed by atoms with E-state index in [9.17, 15) is 5.26 Å². The molecule has 1 aliphatic heterocycles. The van der Waals surface area contributed by atoms with Crippen LogP contribution in [0.3, 0.4) is 0 Å². The number of nitriles is 1. The standard InChI is InChI=1S/C27H29N9O2/c1-18(16-36-17-32-34-35-36)38-25-11-21(3-4-22(25)13-28)23-14-30-27(31-15-23)33-24-6-5-20(12-26(24)37-2)19-7-9-29-10-8-19/h3-6,11-12,14-15,17-19,29H,7-10,16H2,1-2H3,(H,30,31,33)/t18-/m0/s1. The monoisotopic (exact) mass is 511 g/mol. The van der Waals surface area contributed by atoms with Gasteiger partial charge in [-0.1, -0.05) is 12.1 Å². The highest BCUT2D eigenvalue weighted by atomic mass is 16.5. The molecule has 0 spiro atoms. The first-order valence-corrected chi connectivity index (χ1v) is 12.5. The highest BCUT2D eigenvalue weighted by molar-refractivity contribution is 5.68. The van der Waals surface area contributed by atoms with E-state index in [1.165, 1.54) is 11.9 Å². The maximum atomic E-state index is 9.55. The van der Waals surface area contributed by atoms with Crippen LogP contribution in [0.15, 0.2) is 55.1 Å². The first kappa shape index (κ1) is 25.1. The van der Waals surface area contributed by atoms with Crippen LogP contribution in [0.1, 0.15) is 36.8 Å². The van der Waals surface area contributed by atoms with Crippen molar-refractivity contribution in [3.63, 3.8) is 0 Å². The van der Waals surface area contributed by atoms with Crippen LogP contribution in [0.5, 0.6) is 11.5 Å². The van der Waals surface area contributed by atoms with E-state index in [4.69, 9.17) is 9.47 Å². The van der Waals surface area contributed by atoms with E-state index in [-0.39, 0.29) is 6.10 Å². The first-order chi connectivity index (χ1) is 18.6. The van der Waals surface area contributed by atoms with Crippen molar-refractivity contribution >= 4 is 11.6 Å². The number of tetrazole rings is 1. The molecule has 0 unspecified atom stereocenters. The van der Waals surface area contributed by atoms with Crippen LogP contribution in [0, 0.1) is 11.3 Å². The van der Waals surface area contributed by atoms with Crippen molar-refractivity contribution in [2.75, 3.05) is 25.5 Å². The van der Waals surface area contributed by atoms with Crippen LogP contribution < -0.4 is 20.1 Å². The van der Waals surface area contributed by atoms with E-state index in [1.54, 1.807) is 30.3 Å². The van der Waals surface area contributed by atoms with Gasteiger partial charge in [0.2, 0.25) is 5.95 Å². The molecule has 5 rings (SSSR count). The topological polar surface area (TPSA) is 136 Å². The average Bonchev–Trinajstić information content (AvgIpc) is 3.47. The van der Waals surface area contributed by atoms with E-state index < -0.39 is 0 Å². The molecule has 0 bridgehead atoms. The van der Waals surface area contributed by atoms with Gasteiger partial charge >= 0.3 is 0 Å². The van der Waals surface area contributed by atoms with Crippen molar-refractivity contribution in [1.82, 2.24) is 35.5 Å². The molecule has 2 N–H and O–H groups in total. The van der Waals surface area contributed by atoms with Crippen LogP contribution in [0.4, 0.5) is 11.6 Å². The van der Waals surface area contributed by atoms with Crippen molar-refractivity contribution in [2.45, 2.75) is 38.3 Å². The van der Waals surface area contributed by atoms with Gasteiger partial charge in [-0.25, -0.2) is 14.6 Å². The molecule has 11 nitrogen and oxygen atoms in total. The Morgan fingerprint density at radius 2 is 1.92 bits per heavy atom. The number of ether oxygens (including phenoxy) is 2. The van der Waals surface area contributed by atoms with Gasteiger partial charge in [0.25, 0.3) is 0 Å². The summed E-state index contributed by atoms with van der Waals surface area (Å²) in [5.41, 5.74) is 4.17. The van der Waals surface area contributed by atoms with Crippen LogP contribution >= 0.6 is 0 Å². The fourth-order valence-corrected chi connectivity index (χ4v) is 4.56. The maximum absolute atomic E-state index is 9.55. The number of anilines is 2. The molecule has 11 heteroatoms. The number of hydrogen-bond acceptors (Lipinski definition) is 10. The van der Waals surface area contributed by atoms with Crippen molar-refractivity contribution < 1.29 is 9.47 Å². The van der Waals surface area contributed by atoms with Crippen LogP contribution in [-0.4, -0.2) is 56.5 Å². The summed E-state index contributed by atoms with van der Waals surface area (Å²) in [6, 6.07) is 13.9. The molecule has 1 saturated heterocycles. The van der Waals surface area contributed by atoms with E-state index in [1.807, 2.05) is 25.1 Å². The van der Waals surface area contributed by atoms with Gasteiger partial charge < -0.3 is 20.1 Å². The Balaban J connectivity index is 1.29. The van der Waals surface area contributed by atoms with Gasteiger partial charge in [0.05, 0.1) is 24.9 Å². The van der Waals surface area contributed by atoms with Crippen molar-refractivity contribution in [2.24, 2.45) is 0 Å². The largest absolute Gasteiger partial charge is 0.495 e. The Hall–Kier alpha value is -4.56. The second-order valence-corrected chi connectivity index (χ2v) is 9.19. The summed E-state index contributed by atoms with van der Waals surface area (Å²) in [5.74, 6) is 2.24. The molecule has 4 aromatic rings. The lowest BCUT2D eigenvalue weighted by Gasteiger charge is -2.24. The minimum absolute atomic E-state index is 0.250. The first-order valence-electron chi connectivity index (χ1n) is 12.5. The molecule has 3 heterocycles. The van der Waals surface area contributed by atoms with Gasteiger partial charge in [0.15, 0.2) is 0 Å². The van der Waals surface area contributed by atoms with Gasteiger partial charge in [-0.3, -0.25) is 0 Å². The summed E-state index contributed by atoms with van der Waals surface area (Å²) >= 11 is 0. The van der Waals surface area contributed by atoms with E-state index in [2.05, 4.69) is 54.3 Å². The Kier molecular flexibility index (Phi) is 7.70. The quantitative estimate of drug-likeness (QED) is 0.342. The normalized spacial score (nSPS) is 14.4. The Labute approximate surface area is 220 Å². The maximum Gasteiger partial charge on any atom is 0.227 e. The summed E-state index contributed by atoms with van der Waals surface area (Å²) in [6.45, 7) is 4.43. The number of nitrogens with one attached hydrogen (secondary N) is 2. The lowest BCUT2D eigenvalue weighted by atomic mass is 9.90. The highest BCUT2D eigenvalue weighted by Crippen LogP contribution is 2.34. The van der Waals surface area contributed by atoms with Gasteiger partial charge in [-0.15, -0.1) is 5.10 Å². The lowest BCUT2D eigenvalue weighted by Crippen LogP contribution is -2.26. The van der Waals surface area contributed by atoms with Gasteiger partial charge in [-0.05, 0) is 84.6 Å². The second-order valence-electron chi connectivity index (χ2n) is 9.19. The third-order valence-electron chi connectivity index (χ3n) is 6.53. The predicted molar refractivity (Wildman–Crippen MR) is 141 cm³/mol. The molecule has 38 heavy (non-hydrogen) atoms. The van der Waals surface area contributed by atoms with E-state index in [0.717, 1.165) is 48.5 Å². The third-order valence-corrected chi connectivity index (χ3v) is 6.53. The zero-order chi connectivity index (χ0) is 26.3. The second kappa shape index (κ2) is 11.7. The summed E-state index contributed by atoms with van der Waals surface area (Å²) in [5, 5.41) is 27.3. The fraction of sp³-hybridized carbons (Fsp3) is 0.333. The number of piperidine rings is 1. The molecule has 0 amide bonds. The molecular formula is C27H29N9O2. The summed E-state index contributed by atoms with van der Waals surface area (Å²) in [7, 11) is 1.67. The van der Waals surface area contributed by atoms with E-state index in [0.29, 0.717) is 29.7 Å². The molecule has 0 saturated carbocycles. The molecule has 194 valence electrons. The number of benzene rings is 2. The number of nitrogens with zero attached hydrogens (tertiary/aromatic N) is 7. The average molecular weight is 512 g/mol. The molecule has 0 radical (unpaired) electrons. The van der Waals surface area contributed by atoms with Crippen molar-refractivity contribution in [3.05, 3.63) is 66.2 Å². The molecule has 2 aromatic carbocycles. The minimum atomic E-state index is -0.250. The molecule has 0 aliphatic carbocycles. The van der Waals surface area contributed by atoms with Gasteiger partial charge in [0.1, 0.15) is 30.0 Å². The number of hydrogen-bond donors (Lipinski definition) is 2. The smallest absolute Gasteiger partial charge is 0.227 e. The SMILES string of the molecule is COc1cc(C2CCNCC2)ccc1Nc1ncc(-c2ccc(C#N)c(O[C@@H](C)Cn3cnnn3)c2)cn1. The van der Waals surface area contributed by atoms with Crippen LogP contribution in [0.2, 0.25) is 0 Å². The molecule has 1 atom stereocenters. The van der Waals surface area contributed by atoms with Gasteiger partial charge in [-0.2, -0.15) is 5.26 Å². The Morgan fingerprint density at radius 1 is 1.11 bits per heavy atom. The van der Waals surface area contributed by atoms with E-state index >= 15 is 0 Å². The summed E-state index contributed by atoms with van der Waals surface area (Å²) in [6.07, 6.45) is 7.00. The number of rotatable bonds is 9. The molecular weight excluding hydrogens is 482 g/mol. The van der Waals surface area contributed by atoms with Gasteiger partial charge in [0, 0.05) is 18.0 Å². The van der Waals surface area contributed by atoms with Crippen molar-refractivity contribution in [1.29, 1.82) is 5.26 Å². The number of methoxy groups -OCH3 is 1. The Morgan fingerprint density at radius 3 is 2.63 bits per heavy atom. The highest BCUT2D eigenvalue weighted by Gasteiger charge is 2.17. The van der Waals surface area contributed by atoms with Crippen molar-refractivity contribution in [3.8, 4) is 28.7 Å². The molecule has 2 aromatic heterocycles. The number of aromatic nitrogens is 6. The van der Waals surface area contributed by atoms with Crippen LogP contribution in [0.25, 0.3) is 11.1 Å². The molecule has 1 fully saturated rings. The summed E-state index contributed by atoms with van der Waals surface area (Å²) < 4.78 is 13.3. The minimum Gasteiger partial charge on any atom is -0.495 e. The zero-order valence-corrected chi connectivity index (χ0v) is 21.3.